The number of carbonyl (C=O) groups excluding carboxylic acids is 1. The Bertz CT molecular complexity index is 933. The standard InChI is InChI=1S/C21H22Cl2F3N3O2.CH2O2/c1-28-6-8-29(9-7-28)19(15-2-4-18(5-3-15)31-21(24,25)26)20(30)27-13-14-10-16(22)12-17(23)11-14;2-1-3/h2-5,10-12,19H,6-9,13H2,1H3,(H,27,30);1H,(H,2,3). The van der Waals surface area contributed by atoms with Crippen LogP contribution in [0.15, 0.2) is 42.5 Å². The van der Waals surface area contributed by atoms with Crippen molar-refractivity contribution < 1.29 is 32.6 Å². The van der Waals surface area contributed by atoms with Gasteiger partial charge in [0.2, 0.25) is 5.91 Å². The van der Waals surface area contributed by atoms with Crippen LogP contribution in [0.25, 0.3) is 0 Å². The normalized spacial score (nSPS) is 15.6. The molecule has 0 radical (unpaired) electrons. The maximum Gasteiger partial charge on any atom is 0.573 e. The number of hydrogen-bond acceptors (Lipinski definition) is 5. The first-order valence-electron chi connectivity index (χ1n) is 10.1. The van der Waals surface area contributed by atoms with Gasteiger partial charge in [-0.1, -0.05) is 35.3 Å². The molecule has 0 saturated carbocycles. The molecule has 12 heteroatoms. The zero-order chi connectivity index (χ0) is 25.3. The molecule has 0 bridgehead atoms. The molecule has 0 spiro atoms. The molecule has 186 valence electrons. The Hall–Kier alpha value is -2.53. The number of ether oxygens (including phenoxy) is 1. The van der Waals surface area contributed by atoms with E-state index < -0.39 is 12.4 Å². The molecular weight excluding hydrogens is 498 g/mol. The van der Waals surface area contributed by atoms with E-state index in [0.29, 0.717) is 28.7 Å². The number of hydrogen-bond donors (Lipinski definition) is 2. The lowest BCUT2D eigenvalue weighted by Crippen LogP contribution is -2.49. The van der Waals surface area contributed by atoms with Crippen molar-refractivity contribution in [1.29, 1.82) is 0 Å². The predicted octanol–water partition coefficient (Wildman–Crippen LogP) is 4.20. The topological polar surface area (TPSA) is 82.1 Å². The van der Waals surface area contributed by atoms with Gasteiger partial charge in [-0.3, -0.25) is 14.5 Å². The van der Waals surface area contributed by atoms with E-state index in [1.54, 1.807) is 18.2 Å². The first kappa shape index (κ1) is 27.7. The van der Waals surface area contributed by atoms with E-state index in [1.807, 2.05) is 11.9 Å². The minimum absolute atomic E-state index is 0.221. The third kappa shape index (κ3) is 9.02. The summed E-state index contributed by atoms with van der Waals surface area (Å²) in [7, 11) is 2.00. The van der Waals surface area contributed by atoms with Crippen molar-refractivity contribution in [2.24, 2.45) is 0 Å². The van der Waals surface area contributed by atoms with Crippen molar-refractivity contribution >= 4 is 35.6 Å². The van der Waals surface area contributed by atoms with Crippen molar-refractivity contribution in [3.8, 4) is 5.75 Å². The average molecular weight is 522 g/mol. The fourth-order valence-corrected chi connectivity index (χ4v) is 4.03. The largest absolute Gasteiger partial charge is 0.573 e. The van der Waals surface area contributed by atoms with Crippen LogP contribution in [0.2, 0.25) is 10.0 Å². The molecule has 2 aromatic rings. The molecular formula is C22H24Cl2F3N3O4. The van der Waals surface area contributed by atoms with Gasteiger partial charge in [-0.05, 0) is 48.5 Å². The van der Waals surface area contributed by atoms with E-state index in [9.17, 15) is 18.0 Å². The van der Waals surface area contributed by atoms with Crippen molar-refractivity contribution in [1.82, 2.24) is 15.1 Å². The van der Waals surface area contributed by atoms with Crippen LogP contribution in [0.3, 0.4) is 0 Å². The van der Waals surface area contributed by atoms with Gasteiger partial charge < -0.3 is 20.1 Å². The zero-order valence-corrected chi connectivity index (χ0v) is 19.7. The molecule has 1 amide bonds. The Balaban J connectivity index is 0.00000129. The summed E-state index contributed by atoms with van der Waals surface area (Å²) in [6, 6.07) is 9.78. The van der Waals surface area contributed by atoms with Gasteiger partial charge in [-0.15, -0.1) is 13.2 Å². The molecule has 1 fully saturated rings. The second-order valence-electron chi connectivity index (χ2n) is 7.46. The molecule has 0 aromatic heterocycles. The summed E-state index contributed by atoms with van der Waals surface area (Å²) in [5.41, 5.74) is 1.33. The summed E-state index contributed by atoms with van der Waals surface area (Å²) in [5.74, 6) is -0.590. The van der Waals surface area contributed by atoms with E-state index >= 15 is 0 Å². The molecule has 7 nitrogen and oxygen atoms in total. The zero-order valence-electron chi connectivity index (χ0n) is 18.2. The molecule has 2 aromatic carbocycles. The number of alkyl halides is 3. The third-order valence-corrected chi connectivity index (χ3v) is 5.41. The van der Waals surface area contributed by atoms with Crippen LogP contribution in [-0.2, 0) is 16.1 Å². The Morgan fingerprint density at radius 1 is 1.12 bits per heavy atom. The highest BCUT2D eigenvalue weighted by atomic mass is 35.5. The Kier molecular flexibility index (Phi) is 10.4. The number of nitrogens with one attached hydrogen (secondary N) is 1. The highest BCUT2D eigenvalue weighted by Crippen LogP contribution is 2.28. The minimum Gasteiger partial charge on any atom is -0.483 e. The fourth-order valence-electron chi connectivity index (χ4n) is 3.46. The smallest absolute Gasteiger partial charge is 0.483 e. The van der Waals surface area contributed by atoms with Gasteiger partial charge in [0, 0.05) is 42.8 Å². The highest BCUT2D eigenvalue weighted by Gasteiger charge is 2.32. The molecule has 1 aliphatic rings. The highest BCUT2D eigenvalue weighted by molar-refractivity contribution is 6.34. The number of rotatable bonds is 6. The van der Waals surface area contributed by atoms with Gasteiger partial charge in [-0.25, -0.2) is 0 Å². The summed E-state index contributed by atoms with van der Waals surface area (Å²) in [6.45, 7) is 2.83. The number of carbonyl (C=O) groups is 2. The number of nitrogens with zero attached hydrogens (tertiary/aromatic N) is 2. The maximum absolute atomic E-state index is 13.1. The van der Waals surface area contributed by atoms with Gasteiger partial charge in [-0.2, -0.15) is 0 Å². The lowest BCUT2D eigenvalue weighted by Gasteiger charge is -2.37. The Morgan fingerprint density at radius 3 is 2.15 bits per heavy atom. The van der Waals surface area contributed by atoms with Gasteiger partial charge >= 0.3 is 6.36 Å². The lowest BCUT2D eigenvalue weighted by molar-refractivity contribution is -0.274. The van der Waals surface area contributed by atoms with Crippen LogP contribution in [0.1, 0.15) is 17.2 Å². The van der Waals surface area contributed by atoms with E-state index in [1.165, 1.54) is 24.3 Å². The number of likely N-dealkylation sites (N-methyl/N-ethyl adjacent to an activating group) is 1. The maximum atomic E-state index is 13.1. The number of amides is 1. The first-order chi connectivity index (χ1) is 16.0. The van der Waals surface area contributed by atoms with Gasteiger partial charge in [0.05, 0.1) is 0 Å². The third-order valence-electron chi connectivity index (χ3n) is 4.97. The van der Waals surface area contributed by atoms with Crippen LogP contribution in [0, 0.1) is 0 Å². The second kappa shape index (κ2) is 12.8. The summed E-state index contributed by atoms with van der Waals surface area (Å²) in [6.07, 6.45) is -4.77. The quantitative estimate of drug-likeness (QED) is 0.554. The van der Waals surface area contributed by atoms with Crippen LogP contribution < -0.4 is 10.1 Å². The van der Waals surface area contributed by atoms with Crippen molar-refractivity contribution in [2.45, 2.75) is 18.9 Å². The molecule has 2 N–H and O–H groups in total. The summed E-state index contributed by atoms with van der Waals surface area (Å²) in [4.78, 5) is 25.7. The van der Waals surface area contributed by atoms with Gasteiger partial charge in [0.25, 0.3) is 6.47 Å². The molecule has 1 saturated heterocycles. The Labute approximate surface area is 205 Å². The summed E-state index contributed by atoms with van der Waals surface area (Å²) < 4.78 is 41.3. The fraction of sp³-hybridized carbons (Fsp3) is 0.364. The number of benzene rings is 2. The minimum atomic E-state index is -4.77. The van der Waals surface area contributed by atoms with E-state index in [-0.39, 0.29) is 24.7 Å². The predicted molar refractivity (Wildman–Crippen MR) is 122 cm³/mol. The summed E-state index contributed by atoms with van der Waals surface area (Å²) >= 11 is 12.0. The number of carboxylic acid groups (broad SMARTS) is 1. The molecule has 0 aliphatic carbocycles. The lowest BCUT2D eigenvalue weighted by atomic mass is 10.0. The molecule has 1 unspecified atom stereocenters. The first-order valence-corrected chi connectivity index (χ1v) is 10.9. The van der Waals surface area contributed by atoms with Gasteiger partial charge in [0.1, 0.15) is 11.8 Å². The van der Waals surface area contributed by atoms with Crippen molar-refractivity contribution in [3.63, 3.8) is 0 Å². The number of halogens is 5. The summed E-state index contributed by atoms with van der Waals surface area (Å²) in [5, 5.41) is 10.7. The molecule has 1 atom stereocenters. The molecule has 3 rings (SSSR count). The average Bonchev–Trinajstić information content (AvgIpc) is 2.74. The SMILES string of the molecule is CN1CCN(C(C(=O)NCc2cc(Cl)cc(Cl)c2)c2ccc(OC(F)(F)F)cc2)CC1.O=CO. The monoisotopic (exact) mass is 521 g/mol. The van der Waals surface area contributed by atoms with Crippen molar-refractivity contribution in [2.75, 3.05) is 33.2 Å². The number of piperazine rings is 1. The van der Waals surface area contributed by atoms with E-state index in [4.69, 9.17) is 33.1 Å². The van der Waals surface area contributed by atoms with Crippen LogP contribution >= 0.6 is 23.2 Å². The van der Waals surface area contributed by atoms with E-state index in [2.05, 4.69) is 15.0 Å². The second-order valence-corrected chi connectivity index (χ2v) is 8.33. The Morgan fingerprint density at radius 2 is 1.65 bits per heavy atom. The molecule has 34 heavy (non-hydrogen) atoms. The van der Waals surface area contributed by atoms with E-state index in [0.717, 1.165) is 18.7 Å². The van der Waals surface area contributed by atoms with Gasteiger partial charge in [0.15, 0.2) is 0 Å². The molecule has 1 aliphatic heterocycles. The van der Waals surface area contributed by atoms with Crippen LogP contribution in [-0.4, -0.2) is 66.9 Å². The van der Waals surface area contributed by atoms with Crippen LogP contribution in [0.4, 0.5) is 13.2 Å². The van der Waals surface area contributed by atoms with Crippen LogP contribution in [0.5, 0.6) is 5.75 Å². The molecule has 1 heterocycles. The van der Waals surface area contributed by atoms with Crippen molar-refractivity contribution in [3.05, 3.63) is 63.6 Å².